The number of rotatable bonds is 4. The number of aliphatic hydroxyl groups excluding tert-OH is 1. The van der Waals surface area contributed by atoms with Gasteiger partial charge in [0.15, 0.2) is 11.4 Å². The SMILES string of the molecule is O=C(CO)C(O)(c1ccccc1)C1CCCCC1. The first kappa shape index (κ1) is 13.2. The quantitative estimate of drug-likeness (QED) is 0.857. The number of hydrogen-bond acceptors (Lipinski definition) is 3. The van der Waals surface area contributed by atoms with E-state index in [1.165, 1.54) is 0 Å². The molecule has 0 radical (unpaired) electrons. The maximum absolute atomic E-state index is 12.0. The van der Waals surface area contributed by atoms with Gasteiger partial charge in [-0.25, -0.2) is 0 Å². The molecule has 0 amide bonds. The van der Waals surface area contributed by atoms with Crippen LogP contribution in [0.2, 0.25) is 0 Å². The van der Waals surface area contributed by atoms with Crippen LogP contribution < -0.4 is 0 Å². The fourth-order valence-electron chi connectivity index (χ4n) is 2.96. The van der Waals surface area contributed by atoms with E-state index in [2.05, 4.69) is 0 Å². The van der Waals surface area contributed by atoms with Crippen molar-refractivity contribution in [3.63, 3.8) is 0 Å². The summed E-state index contributed by atoms with van der Waals surface area (Å²) in [6, 6.07) is 9.01. The van der Waals surface area contributed by atoms with Crippen molar-refractivity contribution in [2.75, 3.05) is 6.61 Å². The standard InChI is InChI=1S/C15H20O3/c16-11-14(17)15(18,12-7-3-1-4-8-12)13-9-5-2-6-10-13/h1,3-4,7-8,13,16,18H,2,5-6,9-11H2. The van der Waals surface area contributed by atoms with E-state index in [-0.39, 0.29) is 5.92 Å². The lowest BCUT2D eigenvalue weighted by Crippen LogP contribution is -2.45. The maximum atomic E-state index is 12.0. The van der Waals surface area contributed by atoms with Gasteiger partial charge in [0.25, 0.3) is 0 Å². The van der Waals surface area contributed by atoms with E-state index in [0.29, 0.717) is 5.56 Å². The lowest BCUT2D eigenvalue weighted by atomic mass is 9.71. The van der Waals surface area contributed by atoms with Crippen molar-refractivity contribution in [3.05, 3.63) is 35.9 Å². The fraction of sp³-hybridized carbons (Fsp3) is 0.533. The summed E-state index contributed by atoms with van der Waals surface area (Å²) >= 11 is 0. The summed E-state index contributed by atoms with van der Waals surface area (Å²) in [4.78, 5) is 12.0. The predicted octanol–water partition coefficient (Wildman–Crippen LogP) is 2.02. The molecule has 18 heavy (non-hydrogen) atoms. The van der Waals surface area contributed by atoms with Crippen LogP contribution in [0.1, 0.15) is 37.7 Å². The van der Waals surface area contributed by atoms with Gasteiger partial charge in [0.05, 0.1) is 0 Å². The van der Waals surface area contributed by atoms with Crippen LogP contribution in [0.5, 0.6) is 0 Å². The number of hydrogen-bond donors (Lipinski definition) is 2. The lowest BCUT2D eigenvalue weighted by Gasteiger charge is -2.37. The molecule has 2 N–H and O–H groups in total. The van der Waals surface area contributed by atoms with Crippen molar-refractivity contribution in [2.45, 2.75) is 37.7 Å². The van der Waals surface area contributed by atoms with Gasteiger partial charge in [-0.2, -0.15) is 0 Å². The van der Waals surface area contributed by atoms with Gasteiger partial charge in [-0.05, 0) is 24.3 Å². The van der Waals surface area contributed by atoms with Crippen LogP contribution in [-0.4, -0.2) is 22.6 Å². The number of benzene rings is 1. The summed E-state index contributed by atoms with van der Waals surface area (Å²) in [7, 11) is 0. The fourth-order valence-corrected chi connectivity index (χ4v) is 2.96. The summed E-state index contributed by atoms with van der Waals surface area (Å²) in [6.45, 7) is -0.609. The minimum absolute atomic E-state index is 0.0756. The van der Waals surface area contributed by atoms with E-state index in [1.807, 2.05) is 18.2 Å². The molecule has 1 saturated carbocycles. The third-order valence-electron chi connectivity index (χ3n) is 3.98. The molecular weight excluding hydrogens is 228 g/mol. The second kappa shape index (κ2) is 5.63. The monoisotopic (exact) mass is 248 g/mol. The molecule has 3 nitrogen and oxygen atoms in total. The third-order valence-corrected chi connectivity index (χ3v) is 3.98. The van der Waals surface area contributed by atoms with Crippen molar-refractivity contribution < 1.29 is 15.0 Å². The summed E-state index contributed by atoms with van der Waals surface area (Å²) in [5, 5.41) is 20.0. The molecule has 1 fully saturated rings. The van der Waals surface area contributed by atoms with Gasteiger partial charge < -0.3 is 10.2 Å². The predicted molar refractivity (Wildman–Crippen MR) is 69.0 cm³/mol. The second-order valence-electron chi connectivity index (χ2n) is 5.05. The lowest BCUT2D eigenvalue weighted by molar-refractivity contribution is -0.149. The largest absolute Gasteiger partial charge is 0.388 e. The summed E-state index contributed by atoms with van der Waals surface area (Å²) in [5.41, 5.74) is -0.910. The van der Waals surface area contributed by atoms with Crippen molar-refractivity contribution in [3.8, 4) is 0 Å². The highest BCUT2D eigenvalue weighted by molar-refractivity contribution is 5.89. The highest BCUT2D eigenvalue weighted by Crippen LogP contribution is 2.39. The Kier molecular flexibility index (Phi) is 4.15. The van der Waals surface area contributed by atoms with Crippen LogP contribution in [0.25, 0.3) is 0 Å². The minimum Gasteiger partial charge on any atom is -0.388 e. The molecule has 1 aromatic rings. The van der Waals surface area contributed by atoms with E-state index < -0.39 is 18.0 Å². The molecule has 98 valence electrons. The van der Waals surface area contributed by atoms with Crippen LogP contribution in [-0.2, 0) is 10.4 Å². The van der Waals surface area contributed by atoms with Crippen LogP contribution in [0, 0.1) is 5.92 Å². The topological polar surface area (TPSA) is 57.5 Å². The van der Waals surface area contributed by atoms with Crippen LogP contribution in [0.4, 0.5) is 0 Å². The van der Waals surface area contributed by atoms with Gasteiger partial charge in [-0.3, -0.25) is 4.79 Å². The zero-order valence-electron chi connectivity index (χ0n) is 10.5. The van der Waals surface area contributed by atoms with E-state index in [4.69, 9.17) is 5.11 Å². The Morgan fingerprint density at radius 3 is 2.33 bits per heavy atom. The number of carbonyl (C=O) groups excluding carboxylic acids is 1. The van der Waals surface area contributed by atoms with Crippen molar-refractivity contribution in [1.29, 1.82) is 0 Å². The first-order valence-electron chi connectivity index (χ1n) is 6.61. The Bertz CT molecular complexity index is 395. The van der Waals surface area contributed by atoms with Crippen molar-refractivity contribution in [2.24, 2.45) is 5.92 Å². The van der Waals surface area contributed by atoms with E-state index >= 15 is 0 Å². The zero-order valence-corrected chi connectivity index (χ0v) is 10.5. The van der Waals surface area contributed by atoms with Gasteiger partial charge in [-0.15, -0.1) is 0 Å². The molecular formula is C15H20O3. The molecule has 0 heterocycles. The van der Waals surface area contributed by atoms with Crippen LogP contribution in [0.15, 0.2) is 30.3 Å². The Hall–Kier alpha value is -1.19. The van der Waals surface area contributed by atoms with Gasteiger partial charge in [0.2, 0.25) is 0 Å². The average molecular weight is 248 g/mol. The summed E-state index contributed by atoms with van der Waals surface area (Å²) in [6.07, 6.45) is 4.93. The van der Waals surface area contributed by atoms with E-state index in [0.717, 1.165) is 32.1 Å². The molecule has 0 aromatic heterocycles. The Morgan fingerprint density at radius 1 is 1.17 bits per heavy atom. The highest BCUT2D eigenvalue weighted by Gasteiger charge is 2.44. The summed E-state index contributed by atoms with van der Waals surface area (Å²) < 4.78 is 0. The number of Topliss-reactive ketones (excluding diaryl/α,β-unsaturated/α-hetero) is 1. The van der Waals surface area contributed by atoms with Crippen molar-refractivity contribution >= 4 is 5.78 Å². The number of carbonyl (C=O) groups is 1. The van der Waals surface area contributed by atoms with Gasteiger partial charge in [-0.1, -0.05) is 49.6 Å². The molecule has 1 aromatic carbocycles. The Morgan fingerprint density at radius 2 is 1.78 bits per heavy atom. The first-order chi connectivity index (χ1) is 8.69. The molecule has 1 aliphatic rings. The van der Waals surface area contributed by atoms with Gasteiger partial charge >= 0.3 is 0 Å². The minimum atomic E-state index is -1.52. The third kappa shape index (κ3) is 2.33. The smallest absolute Gasteiger partial charge is 0.194 e. The molecule has 0 spiro atoms. The molecule has 0 saturated heterocycles. The number of ketones is 1. The Labute approximate surface area is 107 Å². The molecule has 1 unspecified atom stereocenters. The average Bonchev–Trinajstić information content (AvgIpc) is 2.47. The highest BCUT2D eigenvalue weighted by atomic mass is 16.3. The second-order valence-corrected chi connectivity index (χ2v) is 5.05. The van der Waals surface area contributed by atoms with E-state index in [9.17, 15) is 9.90 Å². The first-order valence-corrected chi connectivity index (χ1v) is 6.61. The van der Waals surface area contributed by atoms with Crippen LogP contribution in [0.3, 0.4) is 0 Å². The van der Waals surface area contributed by atoms with E-state index in [1.54, 1.807) is 12.1 Å². The molecule has 1 atom stereocenters. The molecule has 0 aliphatic heterocycles. The molecule has 2 rings (SSSR count). The maximum Gasteiger partial charge on any atom is 0.194 e. The zero-order chi connectivity index (χ0) is 13.0. The Balaban J connectivity index is 2.36. The number of aliphatic hydroxyl groups is 2. The van der Waals surface area contributed by atoms with Crippen LogP contribution >= 0.6 is 0 Å². The molecule has 3 heteroatoms. The van der Waals surface area contributed by atoms with Gasteiger partial charge in [0.1, 0.15) is 6.61 Å². The molecule has 0 bridgehead atoms. The van der Waals surface area contributed by atoms with Crippen molar-refractivity contribution in [1.82, 2.24) is 0 Å². The molecule has 1 aliphatic carbocycles. The normalized spacial score (nSPS) is 20.3. The summed E-state index contributed by atoms with van der Waals surface area (Å²) in [5.74, 6) is -0.561. The van der Waals surface area contributed by atoms with Gasteiger partial charge in [0, 0.05) is 0 Å².